The molecule has 2 amide bonds. The first-order valence-corrected chi connectivity index (χ1v) is 7.92. The van der Waals surface area contributed by atoms with Crippen LogP contribution in [0.2, 0.25) is 0 Å². The van der Waals surface area contributed by atoms with Crippen molar-refractivity contribution in [2.45, 2.75) is 51.5 Å². The largest absolute Gasteiger partial charge is 0.354 e. The smallest absolute Gasteiger partial charge is 0.242 e. The first-order valence-electron chi connectivity index (χ1n) is 7.92. The average molecular weight is 318 g/mol. The van der Waals surface area contributed by atoms with Crippen LogP contribution in [0, 0.1) is 11.8 Å². The summed E-state index contributed by atoms with van der Waals surface area (Å²) in [6.45, 7) is 4.27. The quantitative estimate of drug-likeness (QED) is 0.714. The second kappa shape index (κ2) is 9.26. The normalized spacial score (nSPS) is 24.0. The van der Waals surface area contributed by atoms with Gasteiger partial charge in [0.15, 0.2) is 0 Å². The maximum absolute atomic E-state index is 12.4. The molecule has 1 aliphatic heterocycles. The van der Waals surface area contributed by atoms with E-state index in [4.69, 9.17) is 0 Å². The SMILES string of the molecule is CC(=O)NC(C(=O)NCC1CCCNC1)C1CCCC1.Cl. The molecular weight excluding hydrogens is 290 g/mol. The lowest BCUT2D eigenvalue weighted by molar-refractivity contribution is -0.129. The topological polar surface area (TPSA) is 70.2 Å². The summed E-state index contributed by atoms with van der Waals surface area (Å²) in [6, 6.07) is -0.341. The molecular formula is C15H28ClN3O2. The second-order valence-corrected chi connectivity index (χ2v) is 6.18. The molecule has 1 saturated heterocycles. The van der Waals surface area contributed by atoms with Gasteiger partial charge in [-0.2, -0.15) is 0 Å². The van der Waals surface area contributed by atoms with E-state index in [-0.39, 0.29) is 30.3 Å². The summed E-state index contributed by atoms with van der Waals surface area (Å²) in [5.41, 5.74) is 0. The number of amides is 2. The van der Waals surface area contributed by atoms with E-state index in [1.807, 2.05) is 0 Å². The van der Waals surface area contributed by atoms with Crippen molar-refractivity contribution in [1.29, 1.82) is 0 Å². The first-order chi connectivity index (χ1) is 9.66. The van der Waals surface area contributed by atoms with Gasteiger partial charge in [0.1, 0.15) is 6.04 Å². The van der Waals surface area contributed by atoms with Crippen LogP contribution in [0.5, 0.6) is 0 Å². The summed E-state index contributed by atoms with van der Waals surface area (Å²) in [5, 5.41) is 9.24. The van der Waals surface area contributed by atoms with Crippen LogP contribution in [0.15, 0.2) is 0 Å². The Kier molecular flexibility index (Phi) is 8.04. The van der Waals surface area contributed by atoms with Gasteiger partial charge < -0.3 is 16.0 Å². The number of halogens is 1. The zero-order valence-corrected chi connectivity index (χ0v) is 13.6. The van der Waals surface area contributed by atoms with Crippen LogP contribution in [0.25, 0.3) is 0 Å². The van der Waals surface area contributed by atoms with E-state index in [1.165, 1.54) is 32.6 Å². The van der Waals surface area contributed by atoms with Crippen molar-refractivity contribution < 1.29 is 9.59 Å². The number of nitrogens with one attached hydrogen (secondary N) is 3. The third-order valence-corrected chi connectivity index (χ3v) is 4.48. The Morgan fingerprint density at radius 2 is 1.90 bits per heavy atom. The van der Waals surface area contributed by atoms with Crippen LogP contribution >= 0.6 is 12.4 Å². The number of piperidine rings is 1. The van der Waals surface area contributed by atoms with Crippen molar-refractivity contribution in [2.24, 2.45) is 11.8 Å². The standard InChI is InChI=1S/C15H27N3O2.ClH/c1-11(19)18-14(13-6-2-3-7-13)15(20)17-10-12-5-4-8-16-9-12;/h12-14,16H,2-10H2,1H3,(H,17,20)(H,18,19);1H. The fraction of sp³-hybridized carbons (Fsp3) is 0.867. The highest BCUT2D eigenvalue weighted by molar-refractivity contribution is 5.87. The van der Waals surface area contributed by atoms with Crippen LogP contribution in [0.1, 0.15) is 45.4 Å². The van der Waals surface area contributed by atoms with Crippen molar-refractivity contribution in [1.82, 2.24) is 16.0 Å². The van der Waals surface area contributed by atoms with Gasteiger partial charge in [-0.15, -0.1) is 12.4 Å². The molecule has 122 valence electrons. The molecule has 2 fully saturated rings. The Morgan fingerprint density at radius 3 is 2.48 bits per heavy atom. The third-order valence-electron chi connectivity index (χ3n) is 4.48. The van der Waals surface area contributed by atoms with Crippen molar-refractivity contribution in [3.05, 3.63) is 0 Å². The molecule has 2 unspecified atom stereocenters. The molecule has 1 heterocycles. The fourth-order valence-corrected chi connectivity index (χ4v) is 3.36. The van der Waals surface area contributed by atoms with E-state index in [2.05, 4.69) is 16.0 Å². The molecule has 0 aromatic carbocycles. The molecule has 2 rings (SSSR count). The highest BCUT2D eigenvalue weighted by Crippen LogP contribution is 2.28. The lowest BCUT2D eigenvalue weighted by Crippen LogP contribution is -2.51. The number of carbonyl (C=O) groups excluding carboxylic acids is 2. The molecule has 2 aliphatic rings. The Hall–Kier alpha value is -0.810. The molecule has 2 atom stereocenters. The molecule has 6 heteroatoms. The average Bonchev–Trinajstić information content (AvgIpc) is 2.97. The van der Waals surface area contributed by atoms with E-state index >= 15 is 0 Å². The number of hydrogen-bond acceptors (Lipinski definition) is 3. The van der Waals surface area contributed by atoms with Gasteiger partial charge in [0.05, 0.1) is 0 Å². The maximum Gasteiger partial charge on any atom is 0.242 e. The van der Waals surface area contributed by atoms with Gasteiger partial charge in [0, 0.05) is 13.5 Å². The Bertz CT molecular complexity index is 340. The lowest BCUT2D eigenvalue weighted by Gasteiger charge is -2.26. The van der Waals surface area contributed by atoms with Crippen molar-refractivity contribution in [3.8, 4) is 0 Å². The molecule has 5 nitrogen and oxygen atoms in total. The van der Waals surface area contributed by atoms with Crippen LogP contribution in [-0.2, 0) is 9.59 Å². The predicted octanol–water partition coefficient (Wildman–Crippen LogP) is 1.22. The Labute approximate surface area is 133 Å². The molecule has 0 aromatic heterocycles. The van der Waals surface area contributed by atoms with Gasteiger partial charge in [-0.05, 0) is 50.6 Å². The highest BCUT2D eigenvalue weighted by atomic mass is 35.5. The van der Waals surface area contributed by atoms with E-state index in [0.717, 1.165) is 25.9 Å². The predicted molar refractivity (Wildman–Crippen MR) is 85.4 cm³/mol. The molecule has 1 saturated carbocycles. The summed E-state index contributed by atoms with van der Waals surface area (Å²) in [6.07, 6.45) is 6.77. The molecule has 21 heavy (non-hydrogen) atoms. The van der Waals surface area contributed by atoms with Gasteiger partial charge in [0.25, 0.3) is 0 Å². The van der Waals surface area contributed by atoms with Gasteiger partial charge in [-0.25, -0.2) is 0 Å². The van der Waals surface area contributed by atoms with Crippen LogP contribution in [-0.4, -0.2) is 37.5 Å². The monoisotopic (exact) mass is 317 g/mol. The van der Waals surface area contributed by atoms with Crippen LogP contribution in [0.4, 0.5) is 0 Å². The Balaban J connectivity index is 0.00000220. The molecule has 3 N–H and O–H groups in total. The minimum atomic E-state index is -0.341. The zero-order valence-electron chi connectivity index (χ0n) is 12.8. The van der Waals surface area contributed by atoms with Gasteiger partial charge in [-0.1, -0.05) is 12.8 Å². The second-order valence-electron chi connectivity index (χ2n) is 6.18. The van der Waals surface area contributed by atoms with Gasteiger partial charge in [-0.3, -0.25) is 9.59 Å². The highest BCUT2D eigenvalue weighted by Gasteiger charge is 2.31. The first kappa shape index (κ1) is 18.2. The number of hydrogen-bond donors (Lipinski definition) is 3. The van der Waals surface area contributed by atoms with Crippen molar-refractivity contribution in [2.75, 3.05) is 19.6 Å². The van der Waals surface area contributed by atoms with E-state index < -0.39 is 0 Å². The van der Waals surface area contributed by atoms with Crippen molar-refractivity contribution >= 4 is 24.2 Å². The summed E-state index contributed by atoms with van der Waals surface area (Å²) in [4.78, 5) is 23.7. The summed E-state index contributed by atoms with van der Waals surface area (Å²) >= 11 is 0. The van der Waals surface area contributed by atoms with Crippen LogP contribution in [0.3, 0.4) is 0 Å². The fourth-order valence-electron chi connectivity index (χ4n) is 3.36. The van der Waals surface area contributed by atoms with E-state index in [1.54, 1.807) is 0 Å². The summed E-state index contributed by atoms with van der Waals surface area (Å²) < 4.78 is 0. The Morgan fingerprint density at radius 1 is 1.19 bits per heavy atom. The van der Waals surface area contributed by atoms with Gasteiger partial charge in [0.2, 0.25) is 11.8 Å². The maximum atomic E-state index is 12.4. The third kappa shape index (κ3) is 5.83. The molecule has 1 aliphatic carbocycles. The van der Waals surface area contributed by atoms with Crippen LogP contribution < -0.4 is 16.0 Å². The lowest BCUT2D eigenvalue weighted by atomic mass is 9.96. The number of carbonyl (C=O) groups is 2. The van der Waals surface area contributed by atoms with E-state index in [0.29, 0.717) is 18.4 Å². The summed E-state index contributed by atoms with van der Waals surface area (Å²) in [5.74, 6) is 0.715. The number of rotatable bonds is 5. The molecule has 0 bridgehead atoms. The minimum absolute atomic E-state index is 0. The van der Waals surface area contributed by atoms with Crippen molar-refractivity contribution in [3.63, 3.8) is 0 Å². The molecule has 0 spiro atoms. The zero-order chi connectivity index (χ0) is 14.4. The minimum Gasteiger partial charge on any atom is -0.354 e. The molecule has 0 aromatic rings. The molecule has 0 radical (unpaired) electrons. The van der Waals surface area contributed by atoms with Gasteiger partial charge >= 0.3 is 0 Å². The van der Waals surface area contributed by atoms with E-state index in [9.17, 15) is 9.59 Å². The summed E-state index contributed by atoms with van der Waals surface area (Å²) in [7, 11) is 0.